The predicted octanol–water partition coefficient (Wildman–Crippen LogP) is 4.98. The number of nitrogens with zero attached hydrogens (tertiary/aromatic N) is 1. The zero-order valence-electron chi connectivity index (χ0n) is 23.4. The first-order chi connectivity index (χ1) is 19.1. The minimum atomic E-state index is -1.07. The van der Waals surface area contributed by atoms with Gasteiger partial charge in [-0.05, 0) is 81.1 Å². The highest BCUT2D eigenvalue weighted by molar-refractivity contribution is 5.90. The van der Waals surface area contributed by atoms with Crippen molar-refractivity contribution in [2.24, 2.45) is 5.73 Å². The van der Waals surface area contributed by atoms with E-state index >= 15 is 0 Å². The monoisotopic (exact) mass is 551 g/mol. The number of carboxylic acid groups (broad SMARTS) is 1. The van der Waals surface area contributed by atoms with Crippen LogP contribution in [-0.4, -0.2) is 40.6 Å². The number of nitrogens with one attached hydrogen (secondary N) is 1. The maximum absolute atomic E-state index is 12.5. The first-order valence-electron chi connectivity index (χ1n) is 13.4. The molecule has 4 N–H and O–H groups in total. The number of hydrogen-bond acceptors (Lipinski definition) is 8. The first kappa shape index (κ1) is 30.4. The van der Waals surface area contributed by atoms with Crippen LogP contribution in [0.3, 0.4) is 0 Å². The highest BCUT2D eigenvalue weighted by atomic mass is 16.5. The van der Waals surface area contributed by atoms with Gasteiger partial charge >= 0.3 is 11.9 Å². The maximum atomic E-state index is 12.5. The molecule has 3 aromatic rings. The molecule has 40 heavy (non-hydrogen) atoms. The molecular formula is C30H37N3O7. The second-order valence-corrected chi connectivity index (χ2v) is 9.71. The minimum Gasteiger partial charge on any atom is -0.493 e. The number of esters is 1. The van der Waals surface area contributed by atoms with E-state index in [1.165, 1.54) is 0 Å². The van der Waals surface area contributed by atoms with Gasteiger partial charge in [0, 0.05) is 30.5 Å². The molecule has 0 saturated carbocycles. The third-order valence-electron chi connectivity index (χ3n) is 6.06. The number of carboxylic acids is 1. The molecule has 1 aromatic heterocycles. The zero-order chi connectivity index (χ0) is 29.2. The van der Waals surface area contributed by atoms with E-state index in [0.717, 1.165) is 17.7 Å². The quantitative estimate of drug-likeness (QED) is 0.235. The average molecular weight is 552 g/mol. The standard InChI is InChI=1S/C30H37N3O7/c1-5-6-26(34)32-22-11-7-21(8-12-22)29-33-25(19(4)40-29)15-16-38-23-13-9-20(10-14-27(35)36)24(17-23)28(31)30(37)39-18(2)3/h7-9,11-13,17-18,28H,5-6,10,14-16,31H2,1-4H3,(H,32,34)(H,35,36). The second-order valence-electron chi connectivity index (χ2n) is 9.71. The van der Waals surface area contributed by atoms with E-state index < -0.39 is 18.0 Å². The van der Waals surface area contributed by atoms with Crippen LogP contribution in [-0.2, 0) is 32.0 Å². The van der Waals surface area contributed by atoms with Gasteiger partial charge in [0.1, 0.15) is 17.6 Å². The number of oxazole rings is 1. The normalized spacial score (nSPS) is 11.8. The Morgan fingerprint density at radius 3 is 2.45 bits per heavy atom. The number of carbonyl (C=O) groups is 3. The smallest absolute Gasteiger partial charge is 0.327 e. The van der Waals surface area contributed by atoms with Gasteiger partial charge in [-0.2, -0.15) is 0 Å². The molecule has 0 saturated heterocycles. The van der Waals surface area contributed by atoms with Gasteiger partial charge in [0.05, 0.1) is 18.4 Å². The van der Waals surface area contributed by atoms with Crippen LogP contribution in [0.5, 0.6) is 5.75 Å². The van der Waals surface area contributed by atoms with Crippen LogP contribution < -0.4 is 15.8 Å². The van der Waals surface area contributed by atoms with Gasteiger partial charge in [-0.1, -0.05) is 13.0 Å². The van der Waals surface area contributed by atoms with Crippen LogP contribution in [0.1, 0.15) is 68.7 Å². The van der Waals surface area contributed by atoms with Crippen molar-refractivity contribution in [3.63, 3.8) is 0 Å². The summed E-state index contributed by atoms with van der Waals surface area (Å²) in [5.74, 6) is 0.0705. The number of hydrogen-bond donors (Lipinski definition) is 3. The molecule has 1 unspecified atom stereocenters. The lowest BCUT2D eigenvalue weighted by molar-refractivity contribution is -0.149. The first-order valence-corrected chi connectivity index (χ1v) is 13.4. The van der Waals surface area contributed by atoms with Crippen LogP contribution in [0.4, 0.5) is 5.69 Å². The number of carbonyl (C=O) groups excluding carboxylic acids is 2. The van der Waals surface area contributed by atoms with Gasteiger partial charge in [0.2, 0.25) is 11.8 Å². The Morgan fingerprint density at radius 1 is 1.07 bits per heavy atom. The van der Waals surface area contributed by atoms with Gasteiger partial charge < -0.3 is 30.0 Å². The molecule has 2 aromatic carbocycles. The fraction of sp³-hybridized carbons (Fsp3) is 0.400. The van der Waals surface area contributed by atoms with Crippen molar-refractivity contribution in [2.75, 3.05) is 11.9 Å². The van der Waals surface area contributed by atoms with Gasteiger partial charge in [-0.15, -0.1) is 0 Å². The van der Waals surface area contributed by atoms with E-state index in [-0.39, 0.29) is 31.5 Å². The average Bonchev–Trinajstić information content (AvgIpc) is 3.27. The van der Waals surface area contributed by atoms with Crippen molar-refractivity contribution in [3.05, 3.63) is 65.0 Å². The fourth-order valence-corrected chi connectivity index (χ4v) is 4.05. The highest BCUT2D eigenvalue weighted by Crippen LogP contribution is 2.27. The van der Waals surface area contributed by atoms with Crippen molar-refractivity contribution in [2.45, 2.75) is 71.9 Å². The SMILES string of the molecule is CCCC(=O)Nc1ccc(-c2nc(CCOc3ccc(CCC(=O)O)c(C(N)C(=O)OC(C)C)c3)c(C)o2)cc1. The van der Waals surface area contributed by atoms with Crippen molar-refractivity contribution < 1.29 is 33.4 Å². The molecule has 10 heteroatoms. The van der Waals surface area contributed by atoms with Gasteiger partial charge in [-0.25, -0.2) is 9.78 Å². The molecule has 0 radical (unpaired) electrons. The zero-order valence-corrected chi connectivity index (χ0v) is 23.4. The molecule has 0 spiro atoms. The van der Waals surface area contributed by atoms with Crippen LogP contribution in [0.15, 0.2) is 46.9 Å². The van der Waals surface area contributed by atoms with Crippen LogP contribution in [0.25, 0.3) is 11.5 Å². The molecule has 0 aliphatic carbocycles. The summed E-state index contributed by atoms with van der Waals surface area (Å²) in [6, 6.07) is 11.3. The minimum absolute atomic E-state index is 0.0241. The summed E-state index contributed by atoms with van der Waals surface area (Å²) in [5.41, 5.74) is 9.55. The molecule has 1 atom stereocenters. The van der Waals surface area contributed by atoms with E-state index in [9.17, 15) is 14.4 Å². The summed E-state index contributed by atoms with van der Waals surface area (Å²) in [5, 5.41) is 11.9. The van der Waals surface area contributed by atoms with Crippen molar-refractivity contribution >= 4 is 23.5 Å². The van der Waals surface area contributed by atoms with Gasteiger partial charge in [0.25, 0.3) is 0 Å². The van der Waals surface area contributed by atoms with Crippen LogP contribution in [0, 0.1) is 6.92 Å². The Labute approximate surface area is 233 Å². The number of benzene rings is 2. The Kier molecular flexibility index (Phi) is 10.8. The van der Waals surface area contributed by atoms with Gasteiger partial charge in [-0.3, -0.25) is 9.59 Å². The summed E-state index contributed by atoms with van der Waals surface area (Å²) in [4.78, 5) is 40.0. The molecule has 214 valence electrons. The lowest BCUT2D eigenvalue weighted by Gasteiger charge is -2.18. The summed E-state index contributed by atoms with van der Waals surface area (Å²) < 4.78 is 17.1. The number of aliphatic carboxylic acids is 1. The summed E-state index contributed by atoms with van der Waals surface area (Å²) >= 11 is 0. The number of rotatable bonds is 14. The van der Waals surface area contributed by atoms with Crippen molar-refractivity contribution in [3.8, 4) is 17.2 Å². The summed E-state index contributed by atoms with van der Waals surface area (Å²) in [6.45, 7) is 7.54. The Bertz CT molecular complexity index is 1320. The molecule has 1 amide bonds. The largest absolute Gasteiger partial charge is 0.493 e. The molecule has 0 aliphatic rings. The molecule has 0 aliphatic heterocycles. The van der Waals surface area contributed by atoms with Crippen molar-refractivity contribution in [1.29, 1.82) is 0 Å². The fourth-order valence-electron chi connectivity index (χ4n) is 4.05. The number of amides is 1. The lowest BCUT2D eigenvalue weighted by atomic mass is 9.97. The number of aromatic nitrogens is 1. The molecular weight excluding hydrogens is 514 g/mol. The molecule has 3 rings (SSSR count). The van der Waals surface area contributed by atoms with E-state index in [1.54, 1.807) is 32.0 Å². The third-order valence-corrected chi connectivity index (χ3v) is 6.06. The van der Waals surface area contributed by atoms with E-state index in [0.29, 0.717) is 47.1 Å². The number of ether oxygens (including phenoxy) is 2. The van der Waals surface area contributed by atoms with E-state index in [1.807, 2.05) is 38.1 Å². The Hall–Kier alpha value is -4.18. The van der Waals surface area contributed by atoms with Crippen molar-refractivity contribution in [1.82, 2.24) is 4.98 Å². The van der Waals surface area contributed by atoms with E-state index in [4.69, 9.17) is 24.7 Å². The maximum Gasteiger partial charge on any atom is 0.327 e. The number of anilines is 1. The third kappa shape index (κ3) is 8.67. The van der Waals surface area contributed by atoms with Gasteiger partial charge in [0.15, 0.2) is 0 Å². The summed E-state index contributed by atoms with van der Waals surface area (Å²) in [7, 11) is 0. The lowest BCUT2D eigenvalue weighted by Crippen LogP contribution is -2.27. The topological polar surface area (TPSA) is 154 Å². The second kappa shape index (κ2) is 14.3. The van der Waals surface area contributed by atoms with Crippen LogP contribution >= 0.6 is 0 Å². The number of aryl methyl sites for hydroxylation is 2. The predicted molar refractivity (Wildman–Crippen MR) is 150 cm³/mol. The molecule has 10 nitrogen and oxygen atoms in total. The molecule has 0 fully saturated rings. The molecule has 0 bridgehead atoms. The Balaban J connectivity index is 1.67. The van der Waals surface area contributed by atoms with E-state index in [2.05, 4.69) is 10.3 Å². The number of nitrogens with two attached hydrogens (primary N) is 1. The van der Waals surface area contributed by atoms with Crippen LogP contribution in [0.2, 0.25) is 0 Å². The molecule has 1 heterocycles. The highest BCUT2D eigenvalue weighted by Gasteiger charge is 2.23. The Morgan fingerprint density at radius 2 is 1.80 bits per heavy atom. The summed E-state index contributed by atoms with van der Waals surface area (Å²) in [6.07, 6.45) is 1.52.